The molecular weight excluding hydrogens is 480 g/mol. The number of allylic oxidation sites excluding steroid dienone is 5. The summed E-state index contributed by atoms with van der Waals surface area (Å²) in [7, 11) is 0. The Kier molecular flexibility index (Phi) is 9.29. The third-order valence-corrected chi connectivity index (χ3v) is 7.39. The number of phenolic OH excluding ortho intramolecular Hbond substituents is 3. The zero-order valence-corrected chi connectivity index (χ0v) is 23.8. The van der Waals surface area contributed by atoms with Gasteiger partial charge in [0, 0.05) is 5.41 Å². The zero-order chi connectivity index (χ0) is 28.8. The minimum Gasteiger partial charge on any atom is -0.508 e. The van der Waals surface area contributed by atoms with E-state index in [1.165, 1.54) is 0 Å². The normalized spacial score (nSPS) is 12.3. The fourth-order valence-electron chi connectivity index (χ4n) is 5.07. The maximum absolute atomic E-state index is 10.5. The van der Waals surface area contributed by atoms with Gasteiger partial charge in [0.05, 0.1) is 0 Å². The van der Waals surface area contributed by atoms with E-state index in [0.29, 0.717) is 19.3 Å². The van der Waals surface area contributed by atoms with E-state index in [-0.39, 0.29) is 28.1 Å². The summed E-state index contributed by atoms with van der Waals surface area (Å²) in [5.74, 6) is 0.813. The molecule has 0 saturated carbocycles. The molecule has 0 aliphatic carbocycles. The number of aromatic hydroxyl groups is 3. The van der Waals surface area contributed by atoms with Crippen molar-refractivity contribution >= 4 is 5.57 Å². The maximum Gasteiger partial charge on any atom is 0.119 e. The lowest BCUT2D eigenvalue weighted by Gasteiger charge is -2.31. The van der Waals surface area contributed by atoms with Crippen molar-refractivity contribution in [2.24, 2.45) is 0 Å². The summed E-state index contributed by atoms with van der Waals surface area (Å²) in [4.78, 5) is 0. The summed E-state index contributed by atoms with van der Waals surface area (Å²) in [6.07, 6.45) is 10.2. The molecule has 0 aromatic heterocycles. The number of phenols is 3. The first-order chi connectivity index (χ1) is 18.4. The summed E-state index contributed by atoms with van der Waals surface area (Å²) >= 11 is 0. The van der Waals surface area contributed by atoms with Gasteiger partial charge in [-0.3, -0.25) is 0 Å². The summed E-state index contributed by atoms with van der Waals surface area (Å²) in [6.45, 7) is 20.3. The molecule has 3 N–H and O–H groups in total. The molecule has 0 unspecified atom stereocenters. The van der Waals surface area contributed by atoms with Crippen LogP contribution in [0.3, 0.4) is 0 Å². The average Bonchev–Trinajstić information content (AvgIpc) is 2.87. The smallest absolute Gasteiger partial charge is 0.119 e. The number of hydrogen-bond donors (Lipinski definition) is 3. The molecule has 3 aromatic rings. The van der Waals surface area contributed by atoms with Crippen molar-refractivity contribution in [3.8, 4) is 17.2 Å². The molecule has 3 nitrogen and oxygen atoms in total. The molecule has 204 valence electrons. The molecule has 3 rings (SSSR count). The summed E-state index contributed by atoms with van der Waals surface area (Å²) in [5, 5.41) is 31.1. The van der Waals surface area contributed by atoms with Crippen LogP contribution in [0.1, 0.15) is 67.5 Å². The van der Waals surface area contributed by atoms with Gasteiger partial charge in [-0.15, -0.1) is 19.7 Å². The Morgan fingerprint density at radius 3 is 1.59 bits per heavy atom. The van der Waals surface area contributed by atoms with Crippen LogP contribution in [-0.2, 0) is 30.1 Å². The molecule has 3 heteroatoms. The first-order valence-electron chi connectivity index (χ1n) is 13.4. The highest BCUT2D eigenvalue weighted by atomic mass is 16.3. The standard InChI is InChI=1S/C36H42O3/c1-8-11-26-20-25(14-17-32(26)37)29(23-35(4,5)30-15-18-33(38)27(21-30)12-9-2)24-36(6,7)31-16-19-34(39)28(22-31)13-10-3/h8-10,14-23,37-39H,1-3,11-13,24H2,4-7H3. The molecule has 0 bridgehead atoms. The van der Waals surface area contributed by atoms with Gasteiger partial charge in [0.1, 0.15) is 17.2 Å². The molecule has 3 aromatic carbocycles. The van der Waals surface area contributed by atoms with Crippen LogP contribution in [0.4, 0.5) is 0 Å². The Morgan fingerprint density at radius 2 is 1.08 bits per heavy atom. The second-order valence-electron chi connectivity index (χ2n) is 11.5. The quantitative estimate of drug-likeness (QED) is 0.208. The fourth-order valence-corrected chi connectivity index (χ4v) is 5.07. The van der Waals surface area contributed by atoms with Gasteiger partial charge in [-0.05, 0) is 94.3 Å². The van der Waals surface area contributed by atoms with Gasteiger partial charge >= 0.3 is 0 Å². The van der Waals surface area contributed by atoms with Gasteiger partial charge in [0.2, 0.25) is 0 Å². The third-order valence-electron chi connectivity index (χ3n) is 7.39. The summed E-state index contributed by atoms with van der Waals surface area (Å²) in [5.41, 5.74) is 6.34. The lowest BCUT2D eigenvalue weighted by Crippen LogP contribution is -2.20. The van der Waals surface area contributed by atoms with Gasteiger partial charge < -0.3 is 15.3 Å². The predicted octanol–water partition coefficient (Wildman–Crippen LogP) is 8.72. The van der Waals surface area contributed by atoms with Gasteiger partial charge in [0.25, 0.3) is 0 Å². The van der Waals surface area contributed by atoms with Crippen LogP contribution in [0.25, 0.3) is 5.57 Å². The molecule has 39 heavy (non-hydrogen) atoms. The number of rotatable bonds is 12. The molecule has 0 radical (unpaired) electrons. The van der Waals surface area contributed by atoms with E-state index < -0.39 is 0 Å². The molecule has 0 atom stereocenters. The van der Waals surface area contributed by atoms with Gasteiger partial charge in [0.15, 0.2) is 0 Å². The van der Waals surface area contributed by atoms with E-state index in [1.54, 1.807) is 36.4 Å². The summed E-state index contributed by atoms with van der Waals surface area (Å²) in [6, 6.07) is 17.4. The van der Waals surface area contributed by atoms with Gasteiger partial charge in [-0.2, -0.15) is 0 Å². The van der Waals surface area contributed by atoms with E-state index in [2.05, 4.69) is 71.7 Å². The highest BCUT2D eigenvalue weighted by molar-refractivity contribution is 5.70. The molecule has 0 saturated heterocycles. The van der Waals surface area contributed by atoms with Crippen molar-refractivity contribution in [1.29, 1.82) is 0 Å². The van der Waals surface area contributed by atoms with Crippen molar-refractivity contribution in [2.75, 3.05) is 0 Å². The lowest BCUT2D eigenvalue weighted by molar-refractivity contribution is 0.467. The van der Waals surface area contributed by atoms with Gasteiger partial charge in [-0.25, -0.2) is 0 Å². The molecule has 0 heterocycles. The highest BCUT2D eigenvalue weighted by Gasteiger charge is 2.27. The first kappa shape index (κ1) is 29.6. The van der Waals surface area contributed by atoms with E-state index in [0.717, 1.165) is 45.4 Å². The Labute approximate surface area is 234 Å². The van der Waals surface area contributed by atoms with Crippen LogP contribution in [0.15, 0.2) is 98.6 Å². The van der Waals surface area contributed by atoms with Crippen molar-refractivity contribution in [3.05, 3.63) is 132 Å². The minimum atomic E-state index is -0.353. The Bertz CT molecular complexity index is 1390. The molecule has 0 spiro atoms. The predicted molar refractivity (Wildman–Crippen MR) is 165 cm³/mol. The number of benzene rings is 3. The molecule has 0 amide bonds. The van der Waals surface area contributed by atoms with Crippen LogP contribution in [0.5, 0.6) is 17.2 Å². The highest BCUT2D eigenvalue weighted by Crippen LogP contribution is 2.40. The minimum absolute atomic E-state index is 0.259. The largest absolute Gasteiger partial charge is 0.508 e. The van der Waals surface area contributed by atoms with E-state index in [4.69, 9.17) is 0 Å². The number of hydrogen-bond acceptors (Lipinski definition) is 3. The molecular formula is C36H42O3. The lowest BCUT2D eigenvalue weighted by atomic mass is 9.74. The maximum atomic E-state index is 10.5. The zero-order valence-electron chi connectivity index (χ0n) is 23.8. The SMILES string of the molecule is C=CCc1cc(C(=CC(C)(C)c2ccc(O)c(CC=C)c2)CC(C)(C)c2ccc(O)c(CC=C)c2)ccc1O. The van der Waals surface area contributed by atoms with Crippen molar-refractivity contribution in [2.45, 2.75) is 64.2 Å². The van der Waals surface area contributed by atoms with Crippen LogP contribution >= 0.6 is 0 Å². The Morgan fingerprint density at radius 1 is 0.641 bits per heavy atom. The van der Waals surface area contributed by atoms with Gasteiger partial charge in [-0.1, -0.05) is 82.3 Å². The van der Waals surface area contributed by atoms with Crippen molar-refractivity contribution in [1.82, 2.24) is 0 Å². The van der Waals surface area contributed by atoms with Crippen LogP contribution in [0, 0.1) is 0 Å². The first-order valence-corrected chi connectivity index (χ1v) is 13.4. The Balaban J connectivity index is 2.16. The molecule has 0 aliphatic heterocycles. The van der Waals surface area contributed by atoms with Crippen molar-refractivity contribution in [3.63, 3.8) is 0 Å². The molecule has 0 aliphatic rings. The topological polar surface area (TPSA) is 60.7 Å². The third kappa shape index (κ3) is 7.11. The summed E-state index contributed by atoms with van der Waals surface area (Å²) < 4.78 is 0. The van der Waals surface area contributed by atoms with Crippen LogP contribution in [-0.4, -0.2) is 15.3 Å². The molecule has 0 fully saturated rings. The van der Waals surface area contributed by atoms with Crippen molar-refractivity contribution < 1.29 is 15.3 Å². The van der Waals surface area contributed by atoms with Crippen LogP contribution < -0.4 is 0 Å². The van der Waals surface area contributed by atoms with E-state index in [1.807, 2.05) is 18.2 Å². The Hall–Kier alpha value is -3.98. The second kappa shape index (κ2) is 12.3. The monoisotopic (exact) mass is 522 g/mol. The van der Waals surface area contributed by atoms with E-state index >= 15 is 0 Å². The fraction of sp³-hybridized carbons (Fsp3) is 0.278. The average molecular weight is 523 g/mol. The van der Waals surface area contributed by atoms with Crippen LogP contribution in [0.2, 0.25) is 0 Å². The van der Waals surface area contributed by atoms with E-state index in [9.17, 15) is 15.3 Å². The second-order valence-corrected chi connectivity index (χ2v) is 11.5.